The summed E-state index contributed by atoms with van der Waals surface area (Å²) in [6.07, 6.45) is 1.49. The minimum Gasteiger partial charge on any atom is -0.481 e. The van der Waals surface area contributed by atoms with Gasteiger partial charge in [-0.15, -0.1) is 11.3 Å². The number of ether oxygens (including phenoxy) is 1. The summed E-state index contributed by atoms with van der Waals surface area (Å²) in [5, 5.41) is 12.6. The number of fused-ring (bicyclic) bond motifs is 1. The van der Waals surface area contributed by atoms with Crippen LogP contribution in [-0.4, -0.2) is 40.5 Å². The first-order valence-corrected chi connectivity index (χ1v) is 10.5. The highest BCUT2D eigenvalue weighted by molar-refractivity contribution is 9.10. The van der Waals surface area contributed by atoms with E-state index >= 15 is 0 Å². The number of carboxylic acids is 1. The smallest absolute Gasteiger partial charge is 0.341 e. The van der Waals surface area contributed by atoms with Gasteiger partial charge in [0.1, 0.15) is 5.75 Å². The third kappa shape index (κ3) is 5.78. The molecular formula is C18H14BrN3O4S2. The van der Waals surface area contributed by atoms with E-state index in [2.05, 4.69) is 31.4 Å². The fourth-order valence-corrected chi connectivity index (χ4v) is 4.48. The molecule has 1 amide bonds. The Kier molecular flexibility index (Phi) is 7.01. The van der Waals surface area contributed by atoms with Crippen LogP contribution in [-0.2, 0) is 9.59 Å². The molecule has 0 atom stereocenters. The van der Waals surface area contributed by atoms with Gasteiger partial charge in [0, 0.05) is 0 Å². The van der Waals surface area contributed by atoms with E-state index in [4.69, 9.17) is 9.84 Å². The summed E-state index contributed by atoms with van der Waals surface area (Å²) in [6.45, 7) is -0.422. The number of nitrogens with zero attached hydrogens (tertiary/aromatic N) is 2. The Balaban J connectivity index is 1.49. The maximum absolute atomic E-state index is 11.9. The maximum atomic E-state index is 11.9. The number of hydrogen-bond acceptors (Lipinski definition) is 7. The Morgan fingerprint density at radius 1 is 1.32 bits per heavy atom. The van der Waals surface area contributed by atoms with E-state index in [1.807, 2.05) is 24.3 Å². The lowest BCUT2D eigenvalue weighted by atomic mass is 10.2. The lowest BCUT2D eigenvalue weighted by molar-refractivity contribution is -0.139. The van der Waals surface area contributed by atoms with Crippen LogP contribution in [0.2, 0.25) is 0 Å². The predicted molar refractivity (Wildman–Crippen MR) is 113 cm³/mol. The topological polar surface area (TPSA) is 101 Å². The van der Waals surface area contributed by atoms with Crippen LogP contribution >= 0.6 is 39.0 Å². The molecule has 7 nitrogen and oxygen atoms in total. The molecule has 28 heavy (non-hydrogen) atoms. The zero-order chi connectivity index (χ0) is 19.9. The van der Waals surface area contributed by atoms with Gasteiger partial charge >= 0.3 is 5.97 Å². The first-order valence-electron chi connectivity index (χ1n) is 7.95. The summed E-state index contributed by atoms with van der Waals surface area (Å²) in [5.74, 6) is -0.663. The summed E-state index contributed by atoms with van der Waals surface area (Å²) in [7, 11) is 0. The van der Waals surface area contributed by atoms with Gasteiger partial charge in [0.2, 0.25) is 0 Å². The summed E-state index contributed by atoms with van der Waals surface area (Å²) < 4.78 is 7.64. The summed E-state index contributed by atoms with van der Waals surface area (Å²) >= 11 is 6.22. The molecule has 0 radical (unpaired) electrons. The molecule has 0 aliphatic rings. The van der Waals surface area contributed by atoms with Crippen LogP contribution in [0.4, 0.5) is 0 Å². The molecule has 0 fully saturated rings. The average Bonchev–Trinajstić information content (AvgIpc) is 3.08. The van der Waals surface area contributed by atoms with Crippen LogP contribution in [0.3, 0.4) is 0 Å². The van der Waals surface area contributed by atoms with E-state index < -0.39 is 12.6 Å². The zero-order valence-electron chi connectivity index (χ0n) is 14.3. The van der Waals surface area contributed by atoms with Crippen molar-refractivity contribution in [2.45, 2.75) is 4.34 Å². The molecule has 3 rings (SSSR count). The van der Waals surface area contributed by atoms with Crippen molar-refractivity contribution in [2.24, 2.45) is 5.10 Å². The van der Waals surface area contributed by atoms with Crippen LogP contribution in [0.1, 0.15) is 5.56 Å². The second-order valence-electron chi connectivity index (χ2n) is 5.40. The van der Waals surface area contributed by atoms with Crippen molar-refractivity contribution in [3.8, 4) is 5.75 Å². The highest BCUT2D eigenvalue weighted by Gasteiger charge is 2.07. The predicted octanol–water partition coefficient (Wildman–Crippen LogP) is 3.76. The number of carbonyl (C=O) groups is 2. The minimum absolute atomic E-state index is 0.211. The lowest BCUT2D eigenvalue weighted by Gasteiger charge is -2.06. The van der Waals surface area contributed by atoms with E-state index in [0.717, 1.165) is 14.6 Å². The molecule has 0 saturated heterocycles. The minimum atomic E-state index is -1.05. The molecule has 1 aromatic heterocycles. The second-order valence-corrected chi connectivity index (χ2v) is 8.51. The number of para-hydroxylation sites is 1. The number of nitrogens with one attached hydrogen (secondary N) is 1. The van der Waals surface area contributed by atoms with Gasteiger partial charge in [0.15, 0.2) is 10.9 Å². The lowest BCUT2D eigenvalue weighted by Crippen LogP contribution is -2.19. The number of aromatic nitrogens is 1. The van der Waals surface area contributed by atoms with Gasteiger partial charge in [0.25, 0.3) is 5.91 Å². The largest absolute Gasteiger partial charge is 0.481 e. The van der Waals surface area contributed by atoms with Gasteiger partial charge in [-0.05, 0) is 51.8 Å². The van der Waals surface area contributed by atoms with Crippen molar-refractivity contribution in [2.75, 3.05) is 12.4 Å². The number of hydrogen-bond donors (Lipinski definition) is 2. The molecule has 2 aromatic carbocycles. The van der Waals surface area contributed by atoms with Crippen LogP contribution in [0, 0.1) is 0 Å². The van der Waals surface area contributed by atoms with E-state index in [9.17, 15) is 9.59 Å². The van der Waals surface area contributed by atoms with Crippen molar-refractivity contribution in [1.82, 2.24) is 10.4 Å². The highest BCUT2D eigenvalue weighted by atomic mass is 79.9. The third-order valence-electron chi connectivity index (χ3n) is 3.31. The first kappa shape index (κ1) is 20.3. The van der Waals surface area contributed by atoms with Crippen LogP contribution in [0.25, 0.3) is 10.2 Å². The van der Waals surface area contributed by atoms with Crippen molar-refractivity contribution in [3.05, 3.63) is 52.5 Å². The number of thiazole rings is 1. The number of hydrazone groups is 1. The molecule has 144 valence electrons. The second kappa shape index (κ2) is 9.67. The molecule has 2 N–H and O–H groups in total. The van der Waals surface area contributed by atoms with E-state index in [-0.39, 0.29) is 11.7 Å². The van der Waals surface area contributed by atoms with Crippen molar-refractivity contribution in [3.63, 3.8) is 0 Å². The number of carbonyl (C=O) groups excluding carboxylic acids is 1. The zero-order valence-corrected chi connectivity index (χ0v) is 17.5. The van der Waals surface area contributed by atoms with Crippen molar-refractivity contribution < 1.29 is 19.4 Å². The van der Waals surface area contributed by atoms with Gasteiger partial charge in [-0.25, -0.2) is 15.2 Å². The van der Waals surface area contributed by atoms with Crippen molar-refractivity contribution in [1.29, 1.82) is 0 Å². The average molecular weight is 480 g/mol. The number of aliphatic carboxylic acids is 1. The Hall–Kier alpha value is -2.43. The van der Waals surface area contributed by atoms with E-state index in [1.54, 1.807) is 29.5 Å². The fraction of sp³-hybridized carbons (Fsp3) is 0.111. The number of amides is 1. The van der Waals surface area contributed by atoms with Crippen LogP contribution in [0.5, 0.6) is 5.75 Å². The Labute approximate surface area is 176 Å². The fourth-order valence-electron chi connectivity index (χ4n) is 2.11. The molecule has 0 unspecified atom stereocenters. The Morgan fingerprint density at radius 3 is 2.89 bits per heavy atom. The molecular weight excluding hydrogens is 466 g/mol. The van der Waals surface area contributed by atoms with Gasteiger partial charge in [0.05, 0.1) is 26.7 Å². The standard InChI is InChI=1S/C18H14BrN3O4S2/c19-12-7-11(5-6-14(12)26-9-17(24)25)8-20-22-16(23)10-27-18-21-13-3-1-2-4-15(13)28-18/h1-8H,9-10H2,(H,22,23)(H,24,25)/b20-8-. The summed E-state index contributed by atoms with van der Waals surface area (Å²) in [5.41, 5.74) is 4.11. The van der Waals surface area contributed by atoms with Crippen LogP contribution in [0.15, 0.2) is 56.4 Å². The molecule has 3 aromatic rings. The normalized spacial score (nSPS) is 11.0. The maximum Gasteiger partial charge on any atom is 0.341 e. The monoisotopic (exact) mass is 479 g/mol. The molecule has 0 bridgehead atoms. The van der Waals surface area contributed by atoms with Gasteiger partial charge in [-0.1, -0.05) is 23.9 Å². The Bertz CT molecular complexity index is 1010. The van der Waals surface area contributed by atoms with Gasteiger partial charge in [-0.3, -0.25) is 4.79 Å². The molecule has 0 aliphatic heterocycles. The molecule has 0 spiro atoms. The van der Waals surface area contributed by atoms with E-state index in [1.165, 1.54) is 18.0 Å². The molecule has 0 saturated carbocycles. The van der Waals surface area contributed by atoms with Crippen LogP contribution < -0.4 is 10.2 Å². The highest BCUT2D eigenvalue weighted by Crippen LogP contribution is 2.29. The number of thioether (sulfide) groups is 1. The number of carboxylic acid groups (broad SMARTS) is 1. The molecule has 1 heterocycles. The third-order valence-corrected chi connectivity index (χ3v) is 6.11. The Morgan fingerprint density at radius 2 is 2.14 bits per heavy atom. The first-order chi connectivity index (χ1) is 13.5. The number of rotatable bonds is 8. The number of halogens is 1. The summed E-state index contributed by atoms with van der Waals surface area (Å²) in [4.78, 5) is 26.9. The quantitative estimate of drug-likeness (QED) is 0.289. The SMILES string of the molecule is O=C(O)COc1ccc(/C=N\NC(=O)CSc2nc3ccccc3s2)cc1Br. The molecule has 10 heteroatoms. The van der Waals surface area contributed by atoms with E-state index in [0.29, 0.717) is 15.8 Å². The number of benzene rings is 2. The van der Waals surface area contributed by atoms with Gasteiger partial charge in [-0.2, -0.15) is 5.10 Å². The van der Waals surface area contributed by atoms with Crippen molar-refractivity contribution >= 4 is 67.3 Å². The summed E-state index contributed by atoms with van der Waals surface area (Å²) in [6, 6.07) is 12.9. The molecule has 0 aliphatic carbocycles. The van der Waals surface area contributed by atoms with Gasteiger partial charge < -0.3 is 9.84 Å².